The lowest BCUT2D eigenvalue weighted by atomic mass is 9.46. The van der Waals surface area contributed by atoms with Crippen LogP contribution in [-0.2, 0) is 21.5 Å². The number of nitrogens with zero attached hydrogens (tertiary/aromatic N) is 1. The minimum atomic E-state index is -2.84. The van der Waals surface area contributed by atoms with E-state index in [0.29, 0.717) is 17.0 Å². The van der Waals surface area contributed by atoms with Gasteiger partial charge in [0, 0.05) is 24.1 Å². The summed E-state index contributed by atoms with van der Waals surface area (Å²) in [6.45, 7) is 6.54. The van der Waals surface area contributed by atoms with Gasteiger partial charge in [0.1, 0.15) is 0 Å². The highest BCUT2D eigenvalue weighted by Gasteiger charge is 2.67. The van der Waals surface area contributed by atoms with Gasteiger partial charge in [-0.1, -0.05) is 44.5 Å². The number of alkyl halides is 2. The highest BCUT2D eigenvalue weighted by atomic mass is 35.5. The summed E-state index contributed by atoms with van der Waals surface area (Å²) in [6, 6.07) is 5.44. The Labute approximate surface area is 216 Å². The highest BCUT2D eigenvalue weighted by Crippen LogP contribution is 2.62. The van der Waals surface area contributed by atoms with Gasteiger partial charge in [0.25, 0.3) is 5.92 Å². The largest absolute Gasteiger partial charge is 0.469 e. The maximum absolute atomic E-state index is 14.7. The van der Waals surface area contributed by atoms with E-state index in [9.17, 15) is 18.4 Å². The van der Waals surface area contributed by atoms with Gasteiger partial charge in [-0.2, -0.15) is 0 Å². The number of hydrogen-bond acceptors (Lipinski definition) is 3. The molecule has 3 aliphatic carbocycles. The summed E-state index contributed by atoms with van der Waals surface area (Å²) in [6.07, 6.45) is 4.88. The Morgan fingerprint density at radius 2 is 2.00 bits per heavy atom. The number of hydrogen-bond donors (Lipinski definition) is 1. The number of halogens is 3. The normalized spacial score (nSPS) is 32.8. The van der Waals surface area contributed by atoms with Crippen LogP contribution < -0.4 is 5.32 Å². The van der Waals surface area contributed by atoms with Gasteiger partial charge in [-0.3, -0.25) is 9.69 Å². The molecule has 0 saturated heterocycles. The molecule has 8 heteroatoms. The molecule has 36 heavy (non-hydrogen) atoms. The van der Waals surface area contributed by atoms with Gasteiger partial charge in [-0.25, -0.2) is 13.6 Å². The summed E-state index contributed by atoms with van der Waals surface area (Å²) < 4.78 is 34.3. The number of urea groups is 1. The van der Waals surface area contributed by atoms with Crippen molar-refractivity contribution in [2.45, 2.75) is 89.1 Å². The first kappa shape index (κ1) is 25.5. The van der Waals surface area contributed by atoms with Gasteiger partial charge >= 0.3 is 12.0 Å². The Morgan fingerprint density at radius 3 is 2.58 bits per heavy atom. The van der Waals surface area contributed by atoms with Crippen molar-refractivity contribution in [3.63, 3.8) is 0 Å². The average molecular weight is 521 g/mol. The van der Waals surface area contributed by atoms with Crippen LogP contribution in [-0.4, -0.2) is 35.5 Å². The molecule has 1 aromatic rings. The molecule has 0 spiro atoms. The summed E-state index contributed by atoms with van der Waals surface area (Å²) >= 11 is 6.68. The van der Waals surface area contributed by atoms with E-state index >= 15 is 0 Å². The fourth-order valence-electron chi connectivity index (χ4n) is 6.69. The smallest absolute Gasteiger partial charge is 0.322 e. The molecule has 0 radical (unpaired) electrons. The maximum Gasteiger partial charge on any atom is 0.322 e. The van der Waals surface area contributed by atoms with Crippen molar-refractivity contribution >= 4 is 23.6 Å². The van der Waals surface area contributed by atoms with Crippen LogP contribution in [0.4, 0.5) is 13.6 Å². The van der Waals surface area contributed by atoms with Gasteiger partial charge in [-0.05, 0) is 72.6 Å². The van der Waals surface area contributed by atoms with E-state index in [4.69, 9.17) is 16.3 Å². The molecule has 5 nitrogen and oxygen atoms in total. The van der Waals surface area contributed by atoms with Gasteiger partial charge < -0.3 is 10.1 Å². The minimum absolute atomic E-state index is 0.000644. The molecule has 0 bridgehead atoms. The molecule has 0 aromatic heterocycles. The fraction of sp³-hybridized carbons (Fsp3) is 0.643. The summed E-state index contributed by atoms with van der Waals surface area (Å²) in [5.41, 5.74) is 0.914. The molecule has 4 aliphatic rings. The van der Waals surface area contributed by atoms with Crippen molar-refractivity contribution < 1.29 is 23.1 Å². The quantitative estimate of drug-likeness (QED) is 0.446. The fourth-order valence-corrected chi connectivity index (χ4v) is 6.97. The number of benzene rings is 1. The third-order valence-electron chi connectivity index (χ3n) is 9.00. The Balaban J connectivity index is 1.48. The van der Waals surface area contributed by atoms with E-state index in [0.717, 1.165) is 36.8 Å². The number of methoxy groups -OCH3 is 1. The molecule has 3 saturated carbocycles. The first-order valence-corrected chi connectivity index (χ1v) is 13.3. The Morgan fingerprint density at radius 1 is 1.25 bits per heavy atom. The zero-order chi connectivity index (χ0) is 26.1. The molecule has 1 heterocycles. The molecule has 2 amide bonds. The van der Waals surface area contributed by atoms with Gasteiger partial charge in [-0.15, -0.1) is 0 Å². The van der Waals surface area contributed by atoms with E-state index < -0.39 is 23.4 Å². The lowest BCUT2D eigenvalue weighted by molar-refractivity contribution is -0.179. The lowest BCUT2D eigenvalue weighted by Gasteiger charge is -2.66. The van der Waals surface area contributed by atoms with Crippen molar-refractivity contribution in [1.82, 2.24) is 10.2 Å². The second kappa shape index (κ2) is 8.44. The first-order valence-electron chi connectivity index (χ1n) is 12.9. The number of fused-ring (bicyclic) bond motifs is 2. The number of esters is 1. The summed E-state index contributed by atoms with van der Waals surface area (Å²) in [7, 11) is 1.37. The molecular formula is C28H35ClF2N2O3. The van der Waals surface area contributed by atoms with E-state index in [-0.39, 0.29) is 42.1 Å². The monoisotopic (exact) mass is 520 g/mol. The lowest BCUT2D eigenvalue weighted by Crippen LogP contribution is -2.74. The van der Waals surface area contributed by atoms with Crippen molar-refractivity contribution in [1.29, 1.82) is 0 Å². The zero-order valence-electron chi connectivity index (χ0n) is 21.4. The predicted octanol–water partition coefficient (Wildman–Crippen LogP) is 6.58. The van der Waals surface area contributed by atoms with Crippen LogP contribution >= 0.6 is 11.6 Å². The summed E-state index contributed by atoms with van der Waals surface area (Å²) in [5.74, 6) is -3.35. The molecule has 196 valence electrons. The van der Waals surface area contributed by atoms with E-state index in [1.165, 1.54) is 7.11 Å². The van der Waals surface area contributed by atoms with Crippen LogP contribution in [0.25, 0.3) is 0 Å². The van der Waals surface area contributed by atoms with Crippen molar-refractivity contribution in [2.24, 2.45) is 17.3 Å². The maximum atomic E-state index is 14.7. The number of amides is 2. The topological polar surface area (TPSA) is 58.6 Å². The number of aryl methyl sites for hydroxylation is 1. The average Bonchev–Trinajstić information content (AvgIpc) is 2.78. The Hall–Kier alpha value is -2.15. The van der Waals surface area contributed by atoms with E-state index in [1.807, 2.05) is 18.2 Å². The van der Waals surface area contributed by atoms with E-state index in [2.05, 4.69) is 26.1 Å². The Bertz CT molecular complexity index is 1130. The third kappa shape index (κ3) is 4.02. The number of carbonyl (C=O) groups is 2. The molecule has 1 N–H and O–H groups in total. The first-order chi connectivity index (χ1) is 16.8. The van der Waals surface area contributed by atoms with Crippen LogP contribution in [0.1, 0.15) is 76.8 Å². The molecule has 3 fully saturated rings. The number of carbonyl (C=O) groups excluding carboxylic acids is 2. The molecule has 4 atom stereocenters. The zero-order valence-corrected chi connectivity index (χ0v) is 22.2. The molecule has 5 rings (SSSR count). The predicted molar refractivity (Wildman–Crippen MR) is 134 cm³/mol. The van der Waals surface area contributed by atoms with Gasteiger partial charge in [0.2, 0.25) is 0 Å². The van der Waals surface area contributed by atoms with Crippen molar-refractivity contribution in [2.75, 3.05) is 7.11 Å². The van der Waals surface area contributed by atoms with Crippen LogP contribution in [0.15, 0.2) is 30.0 Å². The Kier molecular flexibility index (Phi) is 5.98. The van der Waals surface area contributed by atoms with Crippen molar-refractivity contribution in [3.8, 4) is 0 Å². The molecule has 1 aliphatic heterocycles. The van der Waals surface area contributed by atoms with Crippen LogP contribution in [0.2, 0.25) is 5.02 Å². The summed E-state index contributed by atoms with van der Waals surface area (Å²) in [5, 5.41) is 3.73. The number of rotatable bonds is 5. The summed E-state index contributed by atoms with van der Waals surface area (Å²) in [4.78, 5) is 27.3. The number of ether oxygens (including phenoxy) is 1. The molecule has 1 aromatic carbocycles. The standard InChI is InChI=1S/C28H35ClF2N2O3/c1-25(2,3)9-7-17-5-6-18(13-22(17)29)28-12-11-27(30,31)14-19(28)16-33(24(35)32-28)26-10-8-21(26)20(15-26)23(34)36-4/h5-6,13,16,20-21H,7-12,14-15H2,1-4H3,(H,32,35)/t20?,21?,26?,28-/m0/s1. The number of nitrogens with one attached hydrogen (secondary N) is 1. The second-order valence-electron chi connectivity index (χ2n) is 12.3. The minimum Gasteiger partial charge on any atom is -0.469 e. The second-order valence-corrected chi connectivity index (χ2v) is 12.7. The highest BCUT2D eigenvalue weighted by molar-refractivity contribution is 6.31. The molecular weight excluding hydrogens is 486 g/mol. The van der Waals surface area contributed by atoms with E-state index in [1.54, 1.807) is 11.1 Å². The molecule has 3 unspecified atom stereocenters. The van der Waals surface area contributed by atoms with Crippen LogP contribution in [0.5, 0.6) is 0 Å². The van der Waals surface area contributed by atoms with Crippen LogP contribution in [0, 0.1) is 17.3 Å². The van der Waals surface area contributed by atoms with Crippen molar-refractivity contribution in [3.05, 3.63) is 46.1 Å². The van der Waals surface area contributed by atoms with Gasteiger partial charge in [0.05, 0.1) is 24.1 Å². The van der Waals surface area contributed by atoms with Gasteiger partial charge in [0.15, 0.2) is 0 Å². The SMILES string of the molecule is COC(=O)C1CC2(N3C=C4CC(F)(F)CC[C@@]4(c4ccc(CCC(C)(C)C)c(Cl)c4)NC3=O)CCC12. The van der Waals surface area contributed by atoms with Crippen LogP contribution in [0.3, 0.4) is 0 Å². The third-order valence-corrected chi connectivity index (χ3v) is 9.35.